The Hall–Kier alpha value is -0.820. The molecule has 0 N–H and O–H groups in total. The zero-order valence-electron chi connectivity index (χ0n) is 11.7. The Kier molecular flexibility index (Phi) is 4.82. The van der Waals surface area contributed by atoms with Gasteiger partial charge in [0.15, 0.2) is 0 Å². The molecule has 1 aromatic rings. The molecule has 2 rings (SSSR count). The van der Waals surface area contributed by atoms with Crippen LogP contribution in [0.25, 0.3) is 0 Å². The van der Waals surface area contributed by atoms with Crippen LogP contribution in [-0.4, -0.2) is 50.2 Å². The molecule has 1 saturated heterocycles. The van der Waals surface area contributed by atoms with E-state index in [1.54, 1.807) is 14.1 Å². The van der Waals surface area contributed by atoms with E-state index in [1.165, 1.54) is 27.4 Å². The molecular weight excluding hydrogens is 335 g/mol. The number of hydrogen-bond donors (Lipinski definition) is 0. The number of sulfonamides is 1. The normalized spacial score (nSPS) is 19.7. The highest BCUT2D eigenvalue weighted by Gasteiger charge is 2.40. The monoisotopic (exact) mass is 350 g/mol. The molecule has 5 nitrogen and oxygen atoms in total. The number of likely N-dealkylation sites (N-methyl/N-ethyl adjacent to an activating group) is 1. The Morgan fingerprint density at radius 2 is 1.95 bits per heavy atom. The van der Waals surface area contributed by atoms with Crippen molar-refractivity contribution in [3.05, 3.63) is 28.2 Å². The quantitative estimate of drug-likeness (QED) is 0.839. The summed E-state index contributed by atoms with van der Waals surface area (Å²) in [5, 5.41) is 0.463. The van der Waals surface area contributed by atoms with Gasteiger partial charge in [-0.3, -0.25) is 4.79 Å². The highest BCUT2D eigenvalue weighted by molar-refractivity contribution is 7.89. The summed E-state index contributed by atoms with van der Waals surface area (Å²) in [6, 6.07) is 3.50. The van der Waals surface area contributed by atoms with Crippen molar-refractivity contribution in [1.29, 1.82) is 0 Å². The van der Waals surface area contributed by atoms with Gasteiger partial charge >= 0.3 is 0 Å². The third-order valence-corrected chi connectivity index (χ3v) is 6.07. The van der Waals surface area contributed by atoms with Gasteiger partial charge in [-0.15, -0.1) is 0 Å². The van der Waals surface area contributed by atoms with Gasteiger partial charge in [-0.1, -0.05) is 23.2 Å². The second-order valence-electron chi connectivity index (χ2n) is 5.08. The van der Waals surface area contributed by atoms with Gasteiger partial charge in [0.25, 0.3) is 0 Å². The third kappa shape index (κ3) is 3.18. The van der Waals surface area contributed by atoms with Gasteiger partial charge in [-0.05, 0) is 31.0 Å². The molecule has 116 valence electrons. The van der Waals surface area contributed by atoms with Crippen molar-refractivity contribution in [1.82, 2.24) is 9.21 Å². The summed E-state index contributed by atoms with van der Waals surface area (Å²) in [4.78, 5) is 13.6. The summed E-state index contributed by atoms with van der Waals surface area (Å²) in [5.74, 6) is -0.212. The number of nitrogens with zero attached hydrogens (tertiary/aromatic N) is 2. The topological polar surface area (TPSA) is 57.7 Å². The zero-order chi connectivity index (χ0) is 15.8. The predicted octanol–water partition coefficient (Wildman–Crippen LogP) is 2.23. The maximum atomic E-state index is 12.7. The molecule has 21 heavy (non-hydrogen) atoms. The van der Waals surface area contributed by atoms with E-state index in [0.29, 0.717) is 19.4 Å². The van der Waals surface area contributed by atoms with E-state index in [-0.39, 0.29) is 20.8 Å². The second-order valence-corrected chi connectivity index (χ2v) is 7.79. The zero-order valence-corrected chi connectivity index (χ0v) is 14.0. The lowest BCUT2D eigenvalue weighted by Gasteiger charge is -2.25. The number of rotatable bonds is 3. The van der Waals surface area contributed by atoms with E-state index >= 15 is 0 Å². The fourth-order valence-electron chi connectivity index (χ4n) is 2.35. The van der Waals surface area contributed by atoms with Crippen molar-refractivity contribution in [2.45, 2.75) is 23.8 Å². The first kappa shape index (κ1) is 16.5. The van der Waals surface area contributed by atoms with Gasteiger partial charge in [0.2, 0.25) is 15.9 Å². The lowest BCUT2D eigenvalue weighted by atomic mass is 10.2. The average molecular weight is 351 g/mol. The van der Waals surface area contributed by atoms with Crippen molar-refractivity contribution in [3.8, 4) is 0 Å². The summed E-state index contributed by atoms with van der Waals surface area (Å²) < 4.78 is 26.6. The van der Waals surface area contributed by atoms with Crippen LogP contribution in [0, 0.1) is 0 Å². The highest BCUT2D eigenvalue weighted by Crippen LogP contribution is 2.30. The van der Waals surface area contributed by atoms with Gasteiger partial charge < -0.3 is 4.90 Å². The van der Waals surface area contributed by atoms with E-state index in [2.05, 4.69) is 0 Å². The Bertz CT molecular complexity index is 661. The summed E-state index contributed by atoms with van der Waals surface area (Å²) in [6.07, 6.45) is 1.18. The fourth-order valence-corrected chi connectivity index (χ4v) is 4.39. The molecule has 0 aromatic heterocycles. The first-order valence-electron chi connectivity index (χ1n) is 6.43. The number of amides is 1. The highest BCUT2D eigenvalue weighted by atomic mass is 35.5. The maximum absolute atomic E-state index is 12.7. The lowest BCUT2D eigenvalue weighted by molar-refractivity contribution is -0.132. The Labute approximate surface area is 134 Å². The van der Waals surface area contributed by atoms with Crippen LogP contribution in [0.4, 0.5) is 0 Å². The standard InChI is InChI=1S/C13H16Cl2N2O3S/c1-16(2)13(18)12-4-3-7-17(12)21(19,20)9-5-6-10(14)11(15)8-9/h5-6,8,12H,3-4,7H2,1-2H3/t12-/m1/s1. The second kappa shape index (κ2) is 6.12. The van der Waals surface area contributed by atoms with Crippen molar-refractivity contribution in [3.63, 3.8) is 0 Å². The molecule has 0 radical (unpaired) electrons. The molecular formula is C13H16Cl2N2O3S. The van der Waals surface area contributed by atoms with Crippen LogP contribution in [0.3, 0.4) is 0 Å². The van der Waals surface area contributed by atoms with Crippen molar-refractivity contribution >= 4 is 39.1 Å². The van der Waals surface area contributed by atoms with E-state index in [9.17, 15) is 13.2 Å². The largest absolute Gasteiger partial charge is 0.347 e. The van der Waals surface area contributed by atoms with Crippen LogP contribution in [0.15, 0.2) is 23.1 Å². The molecule has 1 aliphatic heterocycles. The molecule has 8 heteroatoms. The van der Waals surface area contributed by atoms with Crippen LogP contribution in [0.2, 0.25) is 10.0 Å². The summed E-state index contributed by atoms with van der Waals surface area (Å²) in [5.41, 5.74) is 0. The van der Waals surface area contributed by atoms with E-state index in [0.717, 1.165) is 0 Å². The first-order chi connectivity index (χ1) is 9.75. The molecule has 0 aliphatic carbocycles. The maximum Gasteiger partial charge on any atom is 0.243 e. The minimum Gasteiger partial charge on any atom is -0.347 e. The minimum atomic E-state index is -3.76. The Balaban J connectivity index is 2.38. The molecule has 0 bridgehead atoms. The number of benzene rings is 1. The van der Waals surface area contributed by atoms with Crippen LogP contribution in [0.1, 0.15) is 12.8 Å². The summed E-state index contributed by atoms with van der Waals surface area (Å²) in [7, 11) is -0.532. The first-order valence-corrected chi connectivity index (χ1v) is 8.63. The van der Waals surface area contributed by atoms with Crippen molar-refractivity contribution in [2.24, 2.45) is 0 Å². The van der Waals surface area contributed by atoms with Crippen LogP contribution < -0.4 is 0 Å². The van der Waals surface area contributed by atoms with Crippen LogP contribution >= 0.6 is 23.2 Å². The minimum absolute atomic E-state index is 0.0513. The smallest absolute Gasteiger partial charge is 0.243 e. The van der Waals surface area contributed by atoms with E-state index < -0.39 is 16.1 Å². The van der Waals surface area contributed by atoms with Gasteiger partial charge in [0.05, 0.1) is 14.9 Å². The van der Waals surface area contributed by atoms with Gasteiger partial charge in [-0.2, -0.15) is 4.31 Å². The van der Waals surface area contributed by atoms with E-state index in [1.807, 2.05) is 0 Å². The molecule has 0 saturated carbocycles. The third-order valence-electron chi connectivity index (χ3n) is 3.43. The average Bonchev–Trinajstić information content (AvgIpc) is 2.90. The Morgan fingerprint density at radius 3 is 2.52 bits per heavy atom. The van der Waals surface area contributed by atoms with Crippen molar-refractivity contribution in [2.75, 3.05) is 20.6 Å². The van der Waals surface area contributed by atoms with Crippen LogP contribution in [-0.2, 0) is 14.8 Å². The molecule has 1 aromatic carbocycles. The molecule has 1 heterocycles. The summed E-state index contributed by atoms with van der Waals surface area (Å²) >= 11 is 11.7. The van der Waals surface area contributed by atoms with E-state index in [4.69, 9.17) is 23.2 Å². The van der Waals surface area contributed by atoms with Gasteiger partial charge in [-0.25, -0.2) is 8.42 Å². The molecule has 1 aliphatic rings. The fraction of sp³-hybridized carbons (Fsp3) is 0.462. The molecule has 1 amide bonds. The SMILES string of the molecule is CN(C)C(=O)[C@H]1CCCN1S(=O)(=O)c1ccc(Cl)c(Cl)c1. The van der Waals surface area contributed by atoms with Gasteiger partial charge in [0, 0.05) is 20.6 Å². The lowest BCUT2D eigenvalue weighted by Crippen LogP contribution is -2.45. The molecule has 0 spiro atoms. The van der Waals surface area contributed by atoms with Crippen molar-refractivity contribution < 1.29 is 13.2 Å². The molecule has 1 fully saturated rings. The summed E-state index contributed by atoms with van der Waals surface area (Å²) in [6.45, 7) is 0.326. The molecule has 0 unspecified atom stereocenters. The number of hydrogen-bond acceptors (Lipinski definition) is 3. The Morgan fingerprint density at radius 1 is 1.29 bits per heavy atom. The van der Waals surface area contributed by atoms with Gasteiger partial charge in [0.1, 0.15) is 6.04 Å². The number of carbonyl (C=O) groups excluding carboxylic acids is 1. The predicted molar refractivity (Wildman–Crippen MR) is 82.1 cm³/mol. The van der Waals surface area contributed by atoms with Crippen LogP contribution in [0.5, 0.6) is 0 Å². The number of halogens is 2. The molecule has 1 atom stereocenters. The number of carbonyl (C=O) groups is 1.